The number of hydrogen-bond donors (Lipinski definition) is 2. The molecular weight excluding hydrogens is 370 g/mol. The highest BCUT2D eigenvalue weighted by Gasteiger charge is 2.53. The van der Waals surface area contributed by atoms with Crippen LogP contribution in [0.1, 0.15) is 64.7 Å². The molecule has 5 nitrogen and oxygen atoms in total. The third-order valence-electron chi connectivity index (χ3n) is 5.99. The zero-order valence-corrected chi connectivity index (χ0v) is 16.9. The van der Waals surface area contributed by atoms with Crippen LogP contribution in [-0.2, 0) is 14.3 Å². The molecule has 2 rings (SSSR count). The Morgan fingerprint density at radius 2 is 2.14 bits per heavy atom. The van der Waals surface area contributed by atoms with Crippen molar-refractivity contribution in [3.05, 3.63) is 11.8 Å². The fraction of sp³-hybridized carbons (Fsp3) is 0.857. The molecule has 1 heterocycles. The molecule has 2 aliphatic rings. The van der Waals surface area contributed by atoms with Crippen LogP contribution in [0.15, 0.2) is 11.8 Å². The molecule has 0 aromatic rings. The Bertz CT molecular complexity index is 527. The van der Waals surface area contributed by atoms with Gasteiger partial charge in [-0.3, -0.25) is 4.79 Å². The Morgan fingerprint density at radius 1 is 1.39 bits per heavy atom. The van der Waals surface area contributed by atoms with E-state index in [1.165, 1.54) is 7.11 Å². The number of alkyl halides is 2. The lowest BCUT2D eigenvalue weighted by atomic mass is 9.85. The highest BCUT2D eigenvalue weighted by molar-refractivity contribution is 5.69. The Kier molecular flexibility index (Phi) is 9.15. The summed E-state index contributed by atoms with van der Waals surface area (Å²) in [6.07, 6.45) is 1.09. The maximum atomic E-state index is 14.9. The van der Waals surface area contributed by atoms with E-state index in [1.54, 1.807) is 6.08 Å². The van der Waals surface area contributed by atoms with Gasteiger partial charge in [0.05, 0.1) is 19.3 Å². The van der Waals surface area contributed by atoms with Crippen LogP contribution in [0, 0.1) is 11.8 Å². The first-order valence-corrected chi connectivity index (χ1v) is 10.5. The van der Waals surface area contributed by atoms with Gasteiger partial charge in [0.15, 0.2) is 6.17 Å². The van der Waals surface area contributed by atoms with Crippen LogP contribution in [0.2, 0.25) is 0 Å². The van der Waals surface area contributed by atoms with Crippen LogP contribution in [0.5, 0.6) is 0 Å². The first-order chi connectivity index (χ1) is 13.4. The summed E-state index contributed by atoms with van der Waals surface area (Å²) < 4.78 is 39.2. The van der Waals surface area contributed by atoms with Crippen molar-refractivity contribution in [1.29, 1.82) is 0 Å². The predicted molar refractivity (Wildman–Crippen MR) is 101 cm³/mol. The van der Waals surface area contributed by atoms with E-state index in [0.29, 0.717) is 32.1 Å². The molecule has 2 N–H and O–H groups in total. The van der Waals surface area contributed by atoms with Crippen molar-refractivity contribution in [3.8, 4) is 0 Å². The van der Waals surface area contributed by atoms with E-state index in [-0.39, 0.29) is 36.6 Å². The molecule has 162 valence electrons. The third kappa shape index (κ3) is 5.89. The number of esters is 1. The first kappa shape index (κ1) is 23.1. The van der Waals surface area contributed by atoms with Gasteiger partial charge < -0.3 is 19.7 Å². The molecule has 7 atom stereocenters. The van der Waals surface area contributed by atoms with Crippen LogP contribution in [0.3, 0.4) is 0 Å². The number of unbranched alkanes of at least 4 members (excludes halogenated alkanes) is 2. The fourth-order valence-corrected chi connectivity index (χ4v) is 4.34. The van der Waals surface area contributed by atoms with Crippen molar-refractivity contribution < 1.29 is 33.3 Å². The summed E-state index contributed by atoms with van der Waals surface area (Å²) in [7, 11) is 1.33. The van der Waals surface area contributed by atoms with E-state index in [9.17, 15) is 23.8 Å². The van der Waals surface area contributed by atoms with Crippen molar-refractivity contribution in [3.63, 3.8) is 0 Å². The molecule has 0 spiro atoms. The van der Waals surface area contributed by atoms with Gasteiger partial charge in [0, 0.05) is 18.8 Å². The van der Waals surface area contributed by atoms with E-state index in [0.717, 1.165) is 12.8 Å². The lowest BCUT2D eigenvalue weighted by Gasteiger charge is -2.23. The SMILES string of the molecule is CCCC[C@H](F)[C@H](O)CC[C@@H]1[C@H]2[C@H](F)/C(=C/CCCC(=O)OC)O[C@@H]2C[C@H]1O. The molecule has 1 aliphatic carbocycles. The highest BCUT2D eigenvalue weighted by atomic mass is 19.1. The van der Waals surface area contributed by atoms with Gasteiger partial charge in [0.25, 0.3) is 0 Å². The normalized spacial score (nSPS) is 32.8. The van der Waals surface area contributed by atoms with Gasteiger partial charge in [-0.25, -0.2) is 8.78 Å². The van der Waals surface area contributed by atoms with Crippen molar-refractivity contribution in [2.45, 2.75) is 95.4 Å². The van der Waals surface area contributed by atoms with Gasteiger partial charge in [-0.2, -0.15) is 0 Å². The second kappa shape index (κ2) is 11.1. The molecule has 0 radical (unpaired) electrons. The van der Waals surface area contributed by atoms with Crippen LogP contribution in [-0.4, -0.2) is 53.9 Å². The Labute approximate surface area is 166 Å². The summed E-state index contributed by atoms with van der Waals surface area (Å²) in [6, 6.07) is 0. The van der Waals surface area contributed by atoms with Crippen molar-refractivity contribution in [2.75, 3.05) is 7.11 Å². The van der Waals surface area contributed by atoms with Crippen LogP contribution >= 0.6 is 0 Å². The highest BCUT2D eigenvalue weighted by Crippen LogP contribution is 2.48. The maximum Gasteiger partial charge on any atom is 0.305 e. The maximum absolute atomic E-state index is 14.9. The Balaban J connectivity index is 1.86. The van der Waals surface area contributed by atoms with Gasteiger partial charge >= 0.3 is 5.97 Å². The van der Waals surface area contributed by atoms with Crippen LogP contribution in [0.25, 0.3) is 0 Å². The summed E-state index contributed by atoms with van der Waals surface area (Å²) in [4.78, 5) is 11.1. The van der Waals surface area contributed by atoms with Gasteiger partial charge in [-0.15, -0.1) is 0 Å². The molecule has 0 amide bonds. The summed E-state index contributed by atoms with van der Waals surface area (Å²) in [6.45, 7) is 1.97. The minimum absolute atomic E-state index is 0.209. The van der Waals surface area contributed by atoms with Crippen LogP contribution < -0.4 is 0 Å². The molecule has 0 aromatic heterocycles. The zero-order chi connectivity index (χ0) is 20.7. The summed E-state index contributed by atoms with van der Waals surface area (Å²) in [5.74, 6) is -0.855. The molecule has 0 aromatic carbocycles. The largest absolute Gasteiger partial charge is 0.491 e. The Morgan fingerprint density at radius 3 is 2.82 bits per heavy atom. The van der Waals surface area contributed by atoms with E-state index in [2.05, 4.69) is 4.74 Å². The number of methoxy groups -OCH3 is 1. The van der Waals surface area contributed by atoms with Gasteiger partial charge in [0.1, 0.15) is 18.0 Å². The van der Waals surface area contributed by atoms with E-state index in [1.807, 2.05) is 6.92 Å². The second-order valence-corrected chi connectivity index (χ2v) is 7.98. The van der Waals surface area contributed by atoms with Gasteiger partial charge in [0.2, 0.25) is 0 Å². The minimum Gasteiger partial charge on any atom is -0.491 e. The monoisotopic (exact) mass is 404 g/mol. The van der Waals surface area contributed by atoms with Crippen LogP contribution in [0.4, 0.5) is 8.78 Å². The predicted octanol–water partition coefficient (Wildman–Crippen LogP) is 3.62. The molecule has 1 saturated carbocycles. The number of allylic oxidation sites excluding steroid dienone is 2. The first-order valence-electron chi connectivity index (χ1n) is 10.5. The number of carbonyl (C=O) groups excluding carboxylic acids is 1. The molecule has 7 heteroatoms. The summed E-state index contributed by atoms with van der Waals surface area (Å²) in [5, 5.41) is 20.3. The van der Waals surface area contributed by atoms with Crippen molar-refractivity contribution >= 4 is 5.97 Å². The van der Waals surface area contributed by atoms with Crippen molar-refractivity contribution in [2.24, 2.45) is 11.8 Å². The molecule has 0 bridgehead atoms. The number of ether oxygens (including phenoxy) is 2. The number of fused-ring (bicyclic) bond motifs is 1. The van der Waals surface area contributed by atoms with Crippen molar-refractivity contribution in [1.82, 2.24) is 0 Å². The molecule has 1 saturated heterocycles. The van der Waals surface area contributed by atoms with E-state index >= 15 is 0 Å². The zero-order valence-electron chi connectivity index (χ0n) is 16.9. The molecule has 2 fully saturated rings. The van der Waals surface area contributed by atoms with Gasteiger partial charge in [-0.05, 0) is 44.1 Å². The topological polar surface area (TPSA) is 76.0 Å². The second-order valence-electron chi connectivity index (χ2n) is 7.98. The smallest absolute Gasteiger partial charge is 0.305 e. The van der Waals surface area contributed by atoms with Gasteiger partial charge in [-0.1, -0.05) is 19.8 Å². The number of halogens is 2. The van der Waals surface area contributed by atoms with E-state index in [4.69, 9.17) is 4.74 Å². The summed E-state index contributed by atoms with van der Waals surface area (Å²) in [5.41, 5.74) is 0. The number of aliphatic hydroxyl groups is 2. The average Bonchev–Trinajstić information content (AvgIpc) is 3.15. The quantitative estimate of drug-likeness (QED) is 0.406. The molecule has 28 heavy (non-hydrogen) atoms. The Hall–Kier alpha value is -1.21. The lowest BCUT2D eigenvalue weighted by Crippen LogP contribution is -2.29. The number of aliphatic hydroxyl groups excluding tert-OH is 2. The third-order valence-corrected chi connectivity index (χ3v) is 5.99. The molecule has 0 unspecified atom stereocenters. The minimum atomic E-state index is -1.32. The summed E-state index contributed by atoms with van der Waals surface area (Å²) >= 11 is 0. The number of rotatable bonds is 11. The lowest BCUT2D eigenvalue weighted by molar-refractivity contribution is -0.140. The van der Waals surface area contributed by atoms with E-state index < -0.39 is 30.5 Å². The number of hydrogen-bond acceptors (Lipinski definition) is 5. The molecular formula is C21H34F2O5. The molecule has 1 aliphatic heterocycles. The average molecular weight is 404 g/mol. The standard InChI is InChI=1S/C21H34F2O5/c1-3-4-7-14(22)15(24)11-10-13-16(25)12-18-20(13)21(23)17(28-18)8-5-6-9-19(26)27-2/h8,13-16,18,20-21,24-25H,3-7,9-12H2,1-2H3/b17-8-/t13-,14-,15+,16+,18+,20+,21+/m0/s1. The fourth-order valence-electron chi connectivity index (χ4n) is 4.34. The number of carbonyl (C=O) groups is 1.